The summed E-state index contributed by atoms with van der Waals surface area (Å²) in [5, 5.41) is 0. The van der Waals surface area contributed by atoms with Gasteiger partial charge in [-0.15, -0.1) is 0 Å². The van der Waals surface area contributed by atoms with Crippen LogP contribution in [0.15, 0.2) is 0 Å². The summed E-state index contributed by atoms with van der Waals surface area (Å²) in [6.45, 7) is 0. The molecule has 0 aromatic heterocycles. The molecule has 0 radical (unpaired) electrons. The van der Waals surface area contributed by atoms with Crippen LogP contribution in [0.5, 0.6) is 0 Å². The fourth-order valence-corrected chi connectivity index (χ4v) is 19.9. The van der Waals surface area contributed by atoms with E-state index in [0.717, 1.165) is 74.8 Å². The number of ketones is 2. The molecule has 8 unspecified atom stereocenters. The lowest BCUT2D eigenvalue weighted by atomic mass is 9.56. The molecule has 11 aliphatic rings. The summed E-state index contributed by atoms with van der Waals surface area (Å²) in [5.74, 6) is 6.08. The maximum atomic E-state index is 15.0. The van der Waals surface area contributed by atoms with Crippen molar-refractivity contribution in [3.05, 3.63) is 0 Å². The van der Waals surface area contributed by atoms with Gasteiger partial charge in [-0.25, -0.2) is 0 Å². The second kappa shape index (κ2) is 23.0. The van der Waals surface area contributed by atoms with Crippen molar-refractivity contribution in [1.29, 1.82) is 0 Å². The first-order valence-corrected chi connectivity index (χ1v) is 31.3. The summed E-state index contributed by atoms with van der Waals surface area (Å²) in [7, 11) is 0. The topological polar surface area (TPSA) is 49.9 Å². The molecule has 11 fully saturated rings. The summed E-state index contributed by atoms with van der Waals surface area (Å²) in [6, 6.07) is 4.87. The first-order chi connectivity index (χ1) is 33.1. The zero-order valence-electron chi connectivity index (χ0n) is 43.2. The van der Waals surface area contributed by atoms with Gasteiger partial charge >= 0.3 is 0 Å². The minimum absolute atomic E-state index is 0.209. The van der Waals surface area contributed by atoms with E-state index in [0.29, 0.717) is 58.9 Å². The highest BCUT2D eigenvalue weighted by molar-refractivity contribution is 5.84. The Balaban J connectivity index is 0.818. The van der Waals surface area contributed by atoms with E-state index in [4.69, 9.17) is 4.74 Å². The molecule has 1 saturated heterocycles. The third-order valence-corrected chi connectivity index (χ3v) is 23.2. The SMILES string of the molecule is O=C(C1CCCCC1)C1CC2OC3CC(C(=O)C4CCCCC4)C(C4CCC(N(C5CCCCC5)C5CCCCC5)CC4)CC3C2CC1C1CCC(N(C2CCCCC2)C2CCCCC2)CC1. The summed E-state index contributed by atoms with van der Waals surface area (Å²) >= 11 is 0. The van der Waals surface area contributed by atoms with Gasteiger partial charge in [0.25, 0.3) is 0 Å². The third kappa shape index (κ3) is 10.8. The lowest BCUT2D eigenvalue weighted by molar-refractivity contribution is -0.136. The largest absolute Gasteiger partial charge is 0.374 e. The fraction of sp³-hybridized carbons (Fsp3) is 0.968. The highest BCUT2D eigenvalue weighted by Crippen LogP contribution is 2.58. The Bertz CT molecular complexity index is 1390. The minimum atomic E-state index is 0.209. The Morgan fingerprint density at radius 1 is 0.284 bits per heavy atom. The van der Waals surface area contributed by atoms with E-state index < -0.39 is 0 Å². The molecule has 5 nitrogen and oxygen atoms in total. The molecule has 8 atom stereocenters. The standard InChI is InChI=1S/C62H102N2O3/c65-61(45-19-7-1-8-20-45)57-41-59-55(39-53(57)43-31-35-51(36-32-43)63(47-23-11-3-12-24-47)48-25-13-4-14-26-48)56-40-54(58(42-60(56)67-59)62(66)46-21-9-2-10-22-46)44-33-37-52(38-34-44)64(49-27-15-5-16-28-49)50-29-17-6-18-30-50/h43-60H,1-42H2. The maximum Gasteiger partial charge on any atom is 0.139 e. The molecule has 1 aliphatic heterocycles. The fourth-order valence-electron chi connectivity index (χ4n) is 19.9. The molecule has 1 heterocycles. The van der Waals surface area contributed by atoms with Crippen molar-refractivity contribution >= 4 is 11.6 Å². The summed E-state index contributed by atoms with van der Waals surface area (Å²) in [5.41, 5.74) is 0. The van der Waals surface area contributed by atoms with E-state index in [1.54, 1.807) is 0 Å². The van der Waals surface area contributed by atoms with Crippen molar-refractivity contribution in [1.82, 2.24) is 9.80 Å². The number of hydrogen-bond acceptors (Lipinski definition) is 5. The molecule has 0 aromatic rings. The van der Waals surface area contributed by atoms with Crippen LogP contribution in [0.1, 0.15) is 270 Å². The van der Waals surface area contributed by atoms with Crippen LogP contribution in [-0.2, 0) is 14.3 Å². The first kappa shape index (κ1) is 48.5. The second-order valence-electron chi connectivity index (χ2n) is 26.7. The van der Waals surface area contributed by atoms with Crippen molar-refractivity contribution in [3.63, 3.8) is 0 Å². The van der Waals surface area contributed by atoms with Crippen LogP contribution < -0.4 is 0 Å². The number of fused-ring (bicyclic) bond motifs is 3. The predicted molar refractivity (Wildman–Crippen MR) is 274 cm³/mol. The van der Waals surface area contributed by atoms with Crippen LogP contribution in [0.25, 0.3) is 0 Å². The van der Waals surface area contributed by atoms with Crippen LogP contribution in [0, 0.1) is 59.2 Å². The van der Waals surface area contributed by atoms with Gasteiger partial charge in [0.2, 0.25) is 0 Å². The maximum absolute atomic E-state index is 15.0. The summed E-state index contributed by atoms with van der Waals surface area (Å²) in [6.07, 6.45) is 57.0. The molecule has 10 saturated carbocycles. The van der Waals surface area contributed by atoms with Crippen LogP contribution in [0.2, 0.25) is 0 Å². The molecule has 0 N–H and O–H groups in total. The van der Waals surface area contributed by atoms with Crippen molar-refractivity contribution in [3.8, 4) is 0 Å². The van der Waals surface area contributed by atoms with Gasteiger partial charge in [0.1, 0.15) is 11.6 Å². The number of nitrogens with zero attached hydrogens (tertiary/aromatic N) is 2. The Labute approximate surface area is 411 Å². The van der Waals surface area contributed by atoms with Gasteiger partial charge in [-0.1, -0.05) is 116 Å². The number of hydrogen-bond donors (Lipinski definition) is 0. The lowest BCUT2D eigenvalue weighted by Crippen LogP contribution is -2.53. The zero-order valence-corrected chi connectivity index (χ0v) is 43.2. The molecule has 5 heteroatoms. The number of ether oxygens (including phenoxy) is 1. The van der Waals surface area contributed by atoms with Gasteiger partial charge in [-0.05, 0) is 190 Å². The van der Waals surface area contributed by atoms with Gasteiger partial charge < -0.3 is 4.74 Å². The van der Waals surface area contributed by atoms with Crippen molar-refractivity contribution in [2.24, 2.45) is 59.2 Å². The normalized spacial score (nSPS) is 41.0. The molecule has 378 valence electrons. The smallest absolute Gasteiger partial charge is 0.139 e. The molecule has 0 spiro atoms. The van der Waals surface area contributed by atoms with E-state index in [9.17, 15) is 0 Å². The molecular weight excluding hydrogens is 821 g/mol. The van der Waals surface area contributed by atoms with E-state index in [-0.39, 0.29) is 24.0 Å². The van der Waals surface area contributed by atoms with Crippen LogP contribution in [0.4, 0.5) is 0 Å². The van der Waals surface area contributed by atoms with Crippen molar-refractivity contribution in [2.45, 2.75) is 318 Å². The third-order valence-electron chi connectivity index (χ3n) is 23.2. The molecule has 0 amide bonds. The van der Waals surface area contributed by atoms with E-state index in [2.05, 4.69) is 9.80 Å². The summed E-state index contributed by atoms with van der Waals surface area (Å²) in [4.78, 5) is 36.4. The molecule has 0 bridgehead atoms. The van der Waals surface area contributed by atoms with Crippen molar-refractivity contribution in [2.75, 3.05) is 0 Å². The van der Waals surface area contributed by atoms with E-state index in [1.807, 2.05) is 0 Å². The Morgan fingerprint density at radius 2 is 0.552 bits per heavy atom. The molecule has 67 heavy (non-hydrogen) atoms. The first-order valence-electron chi connectivity index (χ1n) is 31.3. The predicted octanol–water partition coefficient (Wildman–Crippen LogP) is 15.4. The summed E-state index contributed by atoms with van der Waals surface area (Å²) < 4.78 is 7.42. The molecule has 10 aliphatic carbocycles. The second-order valence-corrected chi connectivity index (χ2v) is 26.7. The lowest BCUT2D eigenvalue weighted by Gasteiger charge is -2.51. The Morgan fingerprint density at radius 3 is 0.851 bits per heavy atom. The monoisotopic (exact) mass is 923 g/mol. The van der Waals surface area contributed by atoms with Crippen LogP contribution >= 0.6 is 0 Å². The Hall–Kier alpha value is -0.780. The highest BCUT2D eigenvalue weighted by Gasteiger charge is 2.58. The molecular formula is C62H102N2O3. The molecule has 0 aromatic carbocycles. The highest BCUT2D eigenvalue weighted by atomic mass is 16.5. The van der Waals surface area contributed by atoms with Crippen LogP contribution in [-0.4, -0.2) is 69.8 Å². The quantitative estimate of drug-likeness (QED) is 0.195. The zero-order chi connectivity index (χ0) is 45.1. The number of carbonyl (C=O) groups excluding carboxylic acids is 2. The number of Topliss-reactive ketones (excluding diaryl/α,β-unsaturated/α-hetero) is 2. The van der Waals surface area contributed by atoms with Gasteiger partial charge in [0.15, 0.2) is 0 Å². The van der Waals surface area contributed by atoms with Crippen molar-refractivity contribution < 1.29 is 14.3 Å². The van der Waals surface area contributed by atoms with Gasteiger partial charge in [-0.3, -0.25) is 19.4 Å². The minimum Gasteiger partial charge on any atom is -0.374 e. The average molecular weight is 924 g/mol. The van der Waals surface area contributed by atoms with Gasteiger partial charge in [0, 0.05) is 59.9 Å². The van der Waals surface area contributed by atoms with Gasteiger partial charge in [-0.2, -0.15) is 0 Å². The van der Waals surface area contributed by atoms with E-state index >= 15 is 9.59 Å². The number of carbonyl (C=O) groups is 2. The number of rotatable bonds is 12. The average Bonchev–Trinajstić information content (AvgIpc) is 3.76. The Kier molecular flexibility index (Phi) is 16.6. The molecule has 11 rings (SSSR count). The van der Waals surface area contributed by atoms with Crippen LogP contribution in [0.3, 0.4) is 0 Å². The van der Waals surface area contributed by atoms with E-state index in [1.165, 1.54) is 231 Å². The van der Waals surface area contributed by atoms with Gasteiger partial charge in [0.05, 0.1) is 12.2 Å².